The van der Waals surface area contributed by atoms with Crippen LogP contribution in [0.25, 0.3) is 0 Å². The molecule has 134 valence electrons. The van der Waals surface area contributed by atoms with Crippen LogP contribution in [-0.2, 0) is 9.53 Å². The number of carbonyl (C=O) groups is 2. The molecule has 0 radical (unpaired) electrons. The first kappa shape index (κ1) is 19.8. The minimum absolute atomic E-state index is 0.0565. The summed E-state index contributed by atoms with van der Waals surface area (Å²) in [7, 11) is 1.24. The van der Waals surface area contributed by atoms with Gasteiger partial charge in [-0.1, -0.05) is 6.07 Å². The lowest BCUT2D eigenvalue weighted by Gasteiger charge is -2.24. The summed E-state index contributed by atoms with van der Waals surface area (Å²) in [4.78, 5) is 23.5. The molecule has 1 aromatic rings. The molecule has 0 bridgehead atoms. The van der Waals surface area contributed by atoms with Gasteiger partial charge in [0.05, 0.1) is 13.7 Å². The van der Waals surface area contributed by atoms with Crippen molar-refractivity contribution in [3.05, 3.63) is 23.8 Å². The SMILES string of the molecule is COc1cccc(C(=O)OC(=O)[C@H](O)[C@@H](O)[C@H](O)[C@H](O)CO)c1O. The van der Waals surface area contributed by atoms with E-state index in [-0.39, 0.29) is 5.75 Å². The third kappa shape index (κ3) is 4.40. The molecule has 10 nitrogen and oxygen atoms in total. The predicted octanol–water partition coefficient (Wildman–Crippen LogP) is -2.48. The summed E-state index contributed by atoms with van der Waals surface area (Å²) in [6.45, 7) is -0.934. The highest BCUT2D eigenvalue weighted by Crippen LogP contribution is 2.29. The highest BCUT2D eigenvalue weighted by Gasteiger charge is 2.36. The van der Waals surface area contributed by atoms with Gasteiger partial charge in [0.25, 0.3) is 0 Å². The van der Waals surface area contributed by atoms with Crippen LogP contribution < -0.4 is 4.74 Å². The van der Waals surface area contributed by atoms with Crippen LogP contribution in [0.3, 0.4) is 0 Å². The van der Waals surface area contributed by atoms with E-state index in [9.17, 15) is 30.0 Å². The Morgan fingerprint density at radius 1 is 1.12 bits per heavy atom. The number of aliphatic hydroxyl groups excluding tert-OH is 5. The highest BCUT2D eigenvalue weighted by molar-refractivity contribution is 6.00. The number of aromatic hydroxyl groups is 1. The molecular formula is C14H18O10. The maximum absolute atomic E-state index is 11.8. The predicted molar refractivity (Wildman–Crippen MR) is 76.2 cm³/mol. The van der Waals surface area contributed by atoms with E-state index < -0.39 is 54.3 Å². The Bertz CT molecular complexity index is 587. The summed E-state index contributed by atoms with van der Waals surface area (Å²) in [5.41, 5.74) is -0.430. The van der Waals surface area contributed by atoms with E-state index in [1.54, 1.807) is 0 Å². The Kier molecular flexibility index (Phi) is 7.07. The van der Waals surface area contributed by atoms with Crippen LogP contribution in [0.1, 0.15) is 10.4 Å². The van der Waals surface area contributed by atoms with Crippen molar-refractivity contribution in [2.75, 3.05) is 13.7 Å². The number of para-hydroxylation sites is 1. The van der Waals surface area contributed by atoms with Gasteiger partial charge in [-0.2, -0.15) is 0 Å². The van der Waals surface area contributed by atoms with Gasteiger partial charge in [0.2, 0.25) is 0 Å². The molecule has 0 aromatic heterocycles. The number of phenolic OH excluding ortho intramolecular Hbond substituents is 1. The number of esters is 2. The third-order valence-electron chi connectivity index (χ3n) is 3.13. The molecule has 0 fully saturated rings. The second-order valence-electron chi connectivity index (χ2n) is 4.74. The molecule has 0 unspecified atom stereocenters. The third-order valence-corrected chi connectivity index (χ3v) is 3.13. The zero-order valence-corrected chi connectivity index (χ0v) is 12.6. The molecule has 4 atom stereocenters. The van der Waals surface area contributed by atoms with Crippen LogP contribution in [0, 0.1) is 0 Å². The van der Waals surface area contributed by atoms with Crippen LogP contribution in [0.5, 0.6) is 11.5 Å². The van der Waals surface area contributed by atoms with Crippen molar-refractivity contribution >= 4 is 11.9 Å². The van der Waals surface area contributed by atoms with Gasteiger partial charge in [-0.25, -0.2) is 9.59 Å². The first-order valence-electron chi connectivity index (χ1n) is 6.69. The Morgan fingerprint density at radius 2 is 1.75 bits per heavy atom. The van der Waals surface area contributed by atoms with Gasteiger partial charge in [0.1, 0.15) is 23.9 Å². The van der Waals surface area contributed by atoms with Crippen molar-refractivity contribution in [2.24, 2.45) is 0 Å². The van der Waals surface area contributed by atoms with Crippen LogP contribution in [0.4, 0.5) is 0 Å². The largest absolute Gasteiger partial charge is 0.504 e. The standard InChI is InChI=1S/C14H18O10/c1-23-8-4-2-3-6(9(8)17)13(21)24-14(22)12(20)11(19)10(18)7(16)5-15/h2-4,7,10-12,15-20H,5H2,1H3/t7-,10-,11+,12-/m1/s1. The fourth-order valence-electron chi connectivity index (χ4n) is 1.72. The van der Waals surface area contributed by atoms with E-state index in [0.29, 0.717) is 0 Å². The number of hydrogen-bond acceptors (Lipinski definition) is 10. The van der Waals surface area contributed by atoms with Crippen LogP contribution in [0.2, 0.25) is 0 Å². The van der Waals surface area contributed by atoms with Crippen molar-refractivity contribution < 1.29 is 49.7 Å². The molecule has 0 spiro atoms. The van der Waals surface area contributed by atoms with Crippen molar-refractivity contribution in [2.45, 2.75) is 24.4 Å². The number of ether oxygens (including phenoxy) is 2. The van der Waals surface area contributed by atoms with Crippen LogP contribution >= 0.6 is 0 Å². The minimum Gasteiger partial charge on any atom is -0.504 e. The number of aliphatic hydroxyl groups is 5. The average Bonchev–Trinajstić information content (AvgIpc) is 2.58. The summed E-state index contributed by atoms with van der Waals surface area (Å²) in [6.07, 6.45) is -8.47. The van der Waals surface area contributed by atoms with Gasteiger partial charge in [0, 0.05) is 0 Å². The van der Waals surface area contributed by atoms with Crippen LogP contribution in [0.15, 0.2) is 18.2 Å². The number of hydrogen-bond donors (Lipinski definition) is 6. The molecule has 10 heteroatoms. The van der Waals surface area contributed by atoms with Gasteiger partial charge < -0.3 is 40.1 Å². The molecule has 0 heterocycles. The lowest BCUT2D eigenvalue weighted by molar-refractivity contribution is -0.164. The number of benzene rings is 1. The quantitative estimate of drug-likeness (QED) is 0.229. The molecular weight excluding hydrogens is 328 g/mol. The van der Waals surface area contributed by atoms with E-state index in [1.165, 1.54) is 19.2 Å². The van der Waals surface area contributed by atoms with Gasteiger partial charge in [0.15, 0.2) is 17.6 Å². The first-order chi connectivity index (χ1) is 11.2. The van der Waals surface area contributed by atoms with Crippen molar-refractivity contribution in [3.63, 3.8) is 0 Å². The maximum atomic E-state index is 11.8. The van der Waals surface area contributed by atoms with E-state index in [2.05, 4.69) is 4.74 Å². The second-order valence-corrected chi connectivity index (χ2v) is 4.74. The Labute approximate surface area is 136 Å². The molecule has 0 aliphatic rings. The molecule has 0 aliphatic carbocycles. The molecule has 1 aromatic carbocycles. The van der Waals surface area contributed by atoms with E-state index in [0.717, 1.165) is 6.07 Å². The zero-order chi connectivity index (χ0) is 18.4. The minimum atomic E-state index is -2.38. The van der Waals surface area contributed by atoms with Gasteiger partial charge in [-0.15, -0.1) is 0 Å². The molecule has 0 amide bonds. The van der Waals surface area contributed by atoms with Gasteiger partial charge >= 0.3 is 11.9 Å². The lowest BCUT2D eigenvalue weighted by Crippen LogP contribution is -2.49. The monoisotopic (exact) mass is 346 g/mol. The highest BCUT2D eigenvalue weighted by atomic mass is 16.6. The first-order valence-corrected chi connectivity index (χ1v) is 6.69. The van der Waals surface area contributed by atoms with E-state index in [1.807, 2.05) is 0 Å². The summed E-state index contributed by atoms with van der Waals surface area (Å²) < 4.78 is 9.08. The molecule has 0 saturated heterocycles. The topological polar surface area (TPSA) is 174 Å². The maximum Gasteiger partial charge on any atom is 0.349 e. The zero-order valence-electron chi connectivity index (χ0n) is 12.6. The molecule has 0 saturated carbocycles. The van der Waals surface area contributed by atoms with Crippen molar-refractivity contribution in [1.29, 1.82) is 0 Å². The lowest BCUT2D eigenvalue weighted by atomic mass is 10.0. The van der Waals surface area contributed by atoms with Gasteiger partial charge in [-0.05, 0) is 12.1 Å². The summed E-state index contributed by atoms with van der Waals surface area (Å²) in [5.74, 6) is -3.61. The Hall–Kier alpha value is -2.24. The average molecular weight is 346 g/mol. The summed E-state index contributed by atoms with van der Waals surface area (Å²) in [6, 6.07) is 3.81. The number of rotatable bonds is 7. The summed E-state index contributed by atoms with van der Waals surface area (Å²) in [5, 5.41) is 56.0. The van der Waals surface area contributed by atoms with Crippen LogP contribution in [-0.4, -0.2) is 80.7 Å². The molecule has 24 heavy (non-hydrogen) atoms. The van der Waals surface area contributed by atoms with Crippen molar-refractivity contribution in [1.82, 2.24) is 0 Å². The smallest absolute Gasteiger partial charge is 0.349 e. The fourth-order valence-corrected chi connectivity index (χ4v) is 1.72. The number of carbonyl (C=O) groups excluding carboxylic acids is 2. The van der Waals surface area contributed by atoms with Gasteiger partial charge in [-0.3, -0.25) is 0 Å². The Morgan fingerprint density at radius 3 is 2.29 bits per heavy atom. The molecule has 0 aliphatic heterocycles. The Balaban J connectivity index is 2.82. The van der Waals surface area contributed by atoms with E-state index >= 15 is 0 Å². The second kappa shape index (κ2) is 8.57. The molecule has 6 N–H and O–H groups in total. The normalized spacial score (nSPS) is 15.9. The molecule has 1 rings (SSSR count). The number of methoxy groups -OCH3 is 1. The summed E-state index contributed by atoms with van der Waals surface area (Å²) >= 11 is 0. The number of phenols is 1. The fraction of sp³-hybridized carbons (Fsp3) is 0.429. The van der Waals surface area contributed by atoms with Crippen molar-refractivity contribution in [3.8, 4) is 11.5 Å². The van der Waals surface area contributed by atoms with E-state index in [4.69, 9.17) is 14.9 Å².